The fourth-order valence-corrected chi connectivity index (χ4v) is 5.68. The zero-order valence-electron chi connectivity index (χ0n) is 25.6. The van der Waals surface area contributed by atoms with Gasteiger partial charge >= 0.3 is 0 Å². The molecule has 1 saturated heterocycles. The van der Waals surface area contributed by atoms with Gasteiger partial charge in [0, 0.05) is 50.4 Å². The average molecular weight is 610 g/mol. The Hall–Kier alpha value is -3.93. The summed E-state index contributed by atoms with van der Waals surface area (Å²) < 4.78 is 6.17. The number of carbonyl (C=O) groups is 1. The number of benzene rings is 3. The largest absolute Gasteiger partial charge is 0.460 e. The molecule has 0 radical (unpaired) electrons. The zero-order valence-corrected chi connectivity index (χ0v) is 26.4. The normalized spacial score (nSPS) is 15.4. The molecule has 7 nitrogen and oxygen atoms in total. The van der Waals surface area contributed by atoms with Crippen molar-refractivity contribution in [1.82, 2.24) is 20.4 Å². The molecule has 1 aromatic heterocycles. The lowest BCUT2D eigenvalue weighted by Gasteiger charge is -2.35. The number of likely N-dealkylation sites (N-methyl/N-ethyl adjacent to an activating group) is 1. The van der Waals surface area contributed by atoms with E-state index in [0.29, 0.717) is 34.9 Å². The van der Waals surface area contributed by atoms with Crippen LogP contribution >= 0.6 is 11.6 Å². The van der Waals surface area contributed by atoms with E-state index in [4.69, 9.17) is 16.0 Å². The Morgan fingerprint density at radius 2 is 1.73 bits per heavy atom. The van der Waals surface area contributed by atoms with Gasteiger partial charge in [0.15, 0.2) is 0 Å². The molecule has 2 N–H and O–H groups in total. The monoisotopic (exact) mass is 609 g/mol. The molecular formula is C36H40ClN5O2. The fourth-order valence-electron chi connectivity index (χ4n) is 5.47. The Morgan fingerprint density at radius 1 is 1.00 bits per heavy atom. The molecule has 0 unspecified atom stereocenters. The highest BCUT2D eigenvalue weighted by Gasteiger charge is 2.22. The number of hydrogen-bond acceptors (Lipinski definition) is 6. The van der Waals surface area contributed by atoms with Gasteiger partial charge in [0.05, 0.1) is 28.8 Å². The molecule has 8 heteroatoms. The molecule has 2 heterocycles. The third kappa shape index (κ3) is 8.37. The van der Waals surface area contributed by atoms with Gasteiger partial charge in [-0.05, 0) is 80.9 Å². The predicted octanol–water partition coefficient (Wildman–Crippen LogP) is 6.22. The average Bonchev–Trinajstić information content (AvgIpc) is 3.51. The second kappa shape index (κ2) is 14.7. The second-order valence-electron chi connectivity index (χ2n) is 11.8. The Balaban J connectivity index is 1.27. The van der Waals surface area contributed by atoms with Crippen LogP contribution in [-0.2, 0) is 13.0 Å². The number of amides is 1. The van der Waals surface area contributed by atoms with Crippen LogP contribution in [0.15, 0.2) is 83.3 Å². The van der Waals surface area contributed by atoms with Crippen molar-refractivity contribution in [3.8, 4) is 17.4 Å². The van der Waals surface area contributed by atoms with Gasteiger partial charge in [-0.15, -0.1) is 0 Å². The van der Waals surface area contributed by atoms with Crippen LogP contribution in [0.2, 0.25) is 5.02 Å². The van der Waals surface area contributed by atoms with E-state index in [1.54, 1.807) is 12.1 Å². The van der Waals surface area contributed by atoms with Crippen molar-refractivity contribution in [2.45, 2.75) is 38.9 Å². The Labute approximate surface area is 265 Å². The van der Waals surface area contributed by atoms with Crippen LogP contribution in [0.1, 0.15) is 51.3 Å². The number of aryl methyl sites for hydroxylation is 1. The third-order valence-electron chi connectivity index (χ3n) is 8.29. The van der Waals surface area contributed by atoms with E-state index in [9.17, 15) is 10.1 Å². The minimum Gasteiger partial charge on any atom is -0.460 e. The summed E-state index contributed by atoms with van der Waals surface area (Å²) in [6.45, 7) is 9.43. The number of nitriles is 1. The van der Waals surface area contributed by atoms with Crippen LogP contribution in [0.5, 0.6) is 0 Å². The third-order valence-corrected chi connectivity index (χ3v) is 8.62. The maximum absolute atomic E-state index is 13.7. The summed E-state index contributed by atoms with van der Waals surface area (Å²) in [4.78, 5) is 18.4. The highest BCUT2D eigenvalue weighted by atomic mass is 35.5. The molecule has 0 bridgehead atoms. The summed E-state index contributed by atoms with van der Waals surface area (Å²) in [7, 11) is 2.13. The van der Waals surface area contributed by atoms with Gasteiger partial charge < -0.3 is 20.0 Å². The van der Waals surface area contributed by atoms with Crippen LogP contribution in [0.4, 0.5) is 0 Å². The molecule has 4 aromatic rings. The van der Waals surface area contributed by atoms with E-state index in [1.165, 1.54) is 11.1 Å². The van der Waals surface area contributed by atoms with Crippen molar-refractivity contribution >= 4 is 17.5 Å². The number of nitrogens with zero attached hydrogens (tertiary/aromatic N) is 3. The molecule has 1 fully saturated rings. The number of hydrogen-bond donors (Lipinski definition) is 2. The van der Waals surface area contributed by atoms with E-state index in [-0.39, 0.29) is 18.0 Å². The van der Waals surface area contributed by atoms with Crippen molar-refractivity contribution in [3.05, 3.63) is 117 Å². The van der Waals surface area contributed by atoms with Crippen LogP contribution in [0.25, 0.3) is 11.3 Å². The second-order valence-corrected chi connectivity index (χ2v) is 12.2. The van der Waals surface area contributed by atoms with Gasteiger partial charge in [-0.2, -0.15) is 5.26 Å². The summed E-state index contributed by atoms with van der Waals surface area (Å²) in [6.07, 6.45) is 0.649. The van der Waals surface area contributed by atoms with Gasteiger partial charge in [-0.3, -0.25) is 9.69 Å². The minimum absolute atomic E-state index is 0.129. The maximum Gasteiger partial charge on any atom is 0.253 e. The molecule has 1 amide bonds. The Kier molecular flexibility index (Phi) is 10.5. The first-order valence-corrected chi connectivity index (χ1v) is 15.5. The lowest BCUT2D eigenvalue weighted by Crippen LogP contribution is -2.51. The molecular weight excluding hydrogens is 570 g/mol. The van der Waals surface area contributed by atoms with Crippen molar-refractivity contribution in [2.75, 3.05) is 39.8 Å². The SMILES string of the molecule is Cc1ccc([C@@H](C)NCc2ccc(-c3ccc(Cl)c(C(=O)N[C@H](Cc4ccc(C#N)cc4)CN4CCN(C)CC4)c3)o2)cc1. The highest BCUT2D eigenvalue weighted by Crippen LogP contribution is 2.28. The molecule has 44 heavy (non-hydrogen) atoms. The molecule has 0 aliphatic carbocycles. The standard InChI is InChI=1S/C36H40ClN5O2/c1-25-4-10-29(11-5-25)26(2)39-23-32-13-15-35(44-32)30-12-14-34(37)33(21-30)36(43)40-31(24-42-18-16-41(3)17-19-42)20-27-6-8-28(22-38)9-7-27/h4-15,21,26,31,39H,16-20,23-24H2,1-3H3,(H,40,43)/t26-,31-/m1/s1. The van der Waals surface area contributed by atoms with Gasteiger partial charge in [-0.1, -0.05) is 53.6 Å². The van der Waals surface area contributed by atoms with Gasteiger partial charge in [0.25, 0.3) is 5.91 Å². The van der Waals surface area contributed by atoms with Crippen molar-refractivity contribution in [3.63, 3.8) is 0 Å². The van der Waals surface area contributed by atoms with E-state index in [1.807, 2.05) is 42.5 Å². The van der Waals surface area contributed by atoms with Crippen molar-refractivity contribution in [1.29, 1.82) is 5.26 Å². The quantitative estimate of drug-likeness (QED) is 0.210. The van der Waals surface area contributed by atoms with Crippen molar-refractivity contribution < 1.29 is 9.21 Å². The number of rotatable bonds is 11. The lowest BCUT2D eigenvalue weighted by molar-refractivity contribution is 0.0907. The van der Waals surface area contributed by atoms with Gasteiger partial charge in [0.2, 0.25) is 0 Å². The minimum atomic E-state index is -0.218. The zero-order chi connectivity index (χ0) is 31.1. The number of furan rings is 1. The lowest BCUT2D eigenvalue weighted by atomic mass is 10.0. The summed E-state index contributed by atoms with van der Waals surface area (Å²) in [5.41, 5.74) is 5.35. The van der Waals surface area contributed by atoms with E-state index < -0.39 is 0 Å². The predicted molar refractivity (Wildman–Crippen MR) is 176 cm³/mol. The van der Waals surface area contributed by atoms with Crippen LogP contribution in [0, 0.1) is 18.3 Å². The molecule has 5 rings (SSSR count). The number of carbonyl (C=O) groups excluding carboxylic acids is 1. The van der Waals surface area contributed by atoms with Gasteiger partial charge in [-0.25, -0.2) is 0 Å². The first-order chi connectivity index (χ1) is 21.3. The summed E-state index contributed by atoms with van der Waals surface area (Å²) >= 11 is 6.57. The maximum atomic E-state index is 13.7. The van der Waals surface area contributed by atoms with E-state index >= 15 is 0 Å². The Morgan fingerprint density at radius 3 is 2.43 bits per heavy atom. The van der Waals surface area contributed by atoms with Crippen LogP contribution < -0.4 is 10.6 Å². The summed E-state index contributed by atoms with van der Waals surface area (Å²) in [5, 5.41) is 16.4. The molecule has 3 aromatic carbocycles. The highest BCUT2D eigenvalue weighted by molar-refractivity contribution is 6.34. The molecule has 1 aliphatic heterocycles. The molecule has 0 spiro atoms. The molecule has 0 saturated carbocycles. The first kappa shape index (κ1) is 31.5. The van der Waals surface area contributed by atoms with Crippen LogP contribution in [0.3, 0.4) is 0 Å². The molecule has 2 atom stereocenters. The first-order valence-electron chi connectivity index (χ1n) is 15.2. The molecule has 228 valence electrons. The van der Waals surface area contributed by atoms with E-state index in [2.05, 4.69) is 71.7 Å². The summed E-state index contributed by atoms with van der Waals surface area (Å²) in [5.74, 6) is 1.28. The van der Waals surface area contributed by atoms with Gasteiger partial charge in [0.1, 0.15) is 11.5 Å². The number of halogens is 1. The van der Waals surface area contributed by atoms with E-state index in [0.717, 1.165) is 49.6 Å². The van der Waals surface area contributed by atoms with Crippen molar-refractivity contribution in [2.24, 2.45) is 0 Å². The van der Waals surface area contributed by atoms with Crippen LogP contribution in [-0.4, -0.2) is 61.5 Å². The summed E-state index contributed by atoms with van der Waals surface area (Å²) in [6, 6.07) is 27.6. The fraction of sp³-hybridized carbons (Fsp3) is 0.333. The molecule has 1 aliphatic rings. The smallest absolute Gasteiger partial charge is 0.253 e. The Bertz CT molecular complexity index is 1580. The topological polar surface area (TPSA) is 84.5 Å². The number of piperazine rings is 1. The number of nitrogens with one attached hydrogen (secondary N) is 2.